The van der Waals surface area contributed by atoms with Gasteiger partial charge in [0, 0.05) is 30.3 Å². The molecule has 162 valence electrons. The van der Waals surface area contributed by atoms with Gasteiger partial charge in [-0.2, -0.15) is 18.3 Å². The zero-order valence-electron chi connectivity index (χ0n) is 17.0. The predicted molar refractivity (Wildman–Crippen MR) is 122 cm³/mol. The van der Waals surface area contributed by atoms with E-state index < -0.39 is 22.4 Å². The van der Waals surface area contributed by atoms with E-state index in [0.717, 1.165) is 58.6 Å². The molecule has 0 radical (unpaired) electrons. The highest BCUT2D eigenvalue weighted by atomic mass is 32.2. The molecule has 4 aromatic rings. The van der Waals surface area contributed by atoms with Crippen LogP contribution in [0.3, 0.4) is 0 Å². The lowest BCUT2D eigenvalue weighted by Gasteiger charge is -2.09. The molecule has 0 saturated carbocycles. The number of alkyl halides is 3. The molecular formula is C23H23F3N4S. The van der Waals surface area contributed by atoms with Crippen molar-refractivity contribution in [2.45, 2.75) is 30.5 Å². The van der Waals surface area contributed by atoms with Gasteiger partial charge in [0.1, 0.15) is 5.03 Å². The smallest absolute Gasteiger partial charge is 0.359 e. The minimum atomic E-state index is -4.29. The van der Waals surface area contributed by atoms with E-state index in [-0.39, 0.29) is 0 Å². The predicted octanol–water partition coefficient (Wildman–Crippen LogP) is 6.18. The molecule has 0 bridgehead atoms. The Labute approximate surface area is 181 Å². The lowest BCUT2D eigenvalue weighted by Crippen LogP contribution is -2.04. The summed E-state index contributed by atoms with van der Waals surface area (Å²) < 4.78 is 43.3. The van der Waals surface area contributed by atoms with Gasteiger partial charge in [-0.1, -0.05) is 28.9 Å². The molecule has 0 fully saturated rings. The fraction of sp³-hybridized carbons (Fsp3) is 0.217. The summed E-state index contributed by atoms with van der Waals surface area (Å²) in [5, 5.41) is 6.39. The van der Waals surface area contributed by atoms with Crippen LogP contribution in [0.25, 0.3) is 10.9 Å². The lowest BCUT2D eigenvalue weighted by atomic mass is 10.0. The van der Waals surface area contributed by atoms with Crippen LogP contribution in [0.4, 0.5) is 18.9 Å². The van der Waals surface area contributed by atoms with E-state index in [9.17, 15) is 13.2 Å². The number of aromatic nitrogens is 3. The number of aryl methyl sites for hydroxylation is 3. The van der Waals surface area contributed by atoms with Crippen molar-refractivity contribution in [2.24, 2.45) is 7.05 Å². The molecule has 4 rings (SSSR count). The Morgan fingerprint density at radius 3 is 2.45 bits per heavy atom. The summed E-state index contributed by atoms with van der Waals surface area (Å²) in [6.45, 7) is 0. The highest BCUT2D eigenvalue weighted by Crippen LogP contribution is 2.32. The molecule has 0 saturated heterocycles. The molecule has 4 nitrogen and oxygen atoms in total. The molecule has 1 unspecified atom stereocenters. The van der Waals surface area contributed by atoms with Crippen LogP contribution in [-0.2, 0) is 26.1 Å². The van der Waals surface area contributed by atoms with E-state index in [2.05, 4.69) is 38.9 Å². The average molecular weight is 445 g/mol. The monoisotopic (exact) mass is 444 g/mol. The van der Waals surface area contributed by atoms with Crippen LogP contribution in [-0.4, -0.2) is 20.6 Å². The van der Waals surface area contributed by atoms with Gasteiger partial charge in [-0.3, -0.25) is 4.68 Å². The van der Waals surface area contributed by atoms with Gasteiger partial charge >= 0.3 is 6.18 Å². The number of fused-ring (bicyclic) bond motifs is 1. The fourth-order valence-corrected chi connectivity index (χ4v) is 4.47. The minimum absolute atomic E-state index is 0.475. The van der Waals surface area contributed by atoms with Crippen molar-refractivity contribution in [1.29, 1.82) is 0 Å². The van der Waals surface area contributed by atoms with E-state index in [1.165, 1.54) is 5.56 Å². The van der Waals surface area contributed by atoms with Crippen LogP contribution in [0.2, 0.25) is 0 Å². The molecule has 0 aliphatic heterocycles. The summed E-state index contributed by atoms with van der Waals surface area (Å²) in [5.41, 5.74) is 3.50. The van der Waals surface area contributed by atoms with E-state index in [4.69, 9.17) is 0 Å². The molecule has 2 heterocycles. The molecule has 2 N–H and O–H groups in total. The SMILES string of the molecule is C=S(Nc1c[nH]c2ccc(CCCc3ccc(C(F)(F)F)cc3)cc12)c1ccn(C)n1. The molecule has 0 aliphatic rings. The van der Waals surface area contributed by atoms with Gasteiger partial charge < -0.3 is 9.71 Å². The summed E-state index contributed by atoms with van der Waals surface area (Å²) in [5.74, 6) is 4.19. The molecular weight excluding hydrogens is 421 g/mol. The van der Waals surface area contributed by atoms with Gasteiger partial charge in [-0.25, -0.2) is 0 Å². The Morgan fingerprint density at radius 1 is 1.06 bits per heavy atom. The maximum atomic E-state index is 12.7. The van der Waals surface area contributed by atoms with Crippen LogP contribution in [0.1, 0.15) is 23.1 Å². The largest absolute Gasteiger partial charge is 0.416 e. The standard InChI is InChI=1S/C23H23F3N4S/c1-30-13-12-22(28-30)31(2)29-21-15-27-20-11-8-17(14-19(20)21)5-3-4-16-6-9-18(10-7-16)23(24,25)26/h6-15,27,29H,2-5H2,1H3. The van der Waals surface area contributed by atoms with Crippen LogP contribution in [0.5, 0.6) is 0 Å². The van der Waals surface area contributed by atoms with E-state index in [1.54, 1.807) is 16.8 Å². The van der Waals surface area contributed by atoms with Crippen molar-refractivity contribution in [2.75, 3.05) is 4.72 Å². The molecule has 0 spiro atoms. The van der Waals surface area contributed by atoms with Gasteiger partial charge in [0.25, 0.3) is 0 Å². The van der Waals surface area contributed by atoms with E-state index >= 15 is 0 Å². The first-order valence-corrected chi connectivity index (χ1v) is 11.3. The number of nitrogens with one attached hydrogen (secondary N) is 2. The zero-order valence-corrected chi connectivity index (χ0v) is 17.9. The number of rotatable bonds is 7. The third-order valence-electron chi connectivity index (χ3n) is 5.13. The summed E-state index contributed by atoms with van der Waals surface area (Å²) >= 11 is 0. The number of hydrogen-bond donors (Lipinski definition) is 2. The summed E-state index contributed by atoms with van der Waals surface area (Å²) in [7, 11) is 1.40. The number of nitrogens with zero attached hydrogens (tertiary/aromatic N) is 2. The molecule has 0 aliphatic carbocycles. The van der Waals surface area contributed by atoms with Gasteiger partial charge in [-0.15, -0.1) is 0 Å². The molecule has 31 heavy (non-hydrogen) atoms. The van der Waals surface area contributed by atoms with Gasteiger partial charge in [0.15, 0.2) is 0 Å². The first-order valence-electron chi connectivity index (χ1n) is 9.86. The van der Waals surface area contributed by atoms with Gasteiger partial charge in [-0.05, 0) is 66.6 Å². The van der Waals surface area contributed by atoms with Crippen LogP contribution < -0.4 is 4.72 Å². The Bertz CT molecular complexity index is 1210. The first-order chi connectivity index (χ1) is 14.8. The van der Waals surface area contributed by atoms with Crippen molar-refractivity contribution in [3.63, 3.8) is 0 Å². The van der Waals surface area contributed by atoms with Crippen LogP contribution in [0.15, 0.2) is 66.0 Å². The van der Waals surface area contributed by atoms with E-state index in [0.29, 0.717) is 0 Å². The second kappa shape index (κ2) is 8.63. The van der Waals surface area contributed by atoms with Crippen LogP contribution in [0, 0.1) is 0 Å². The Kier molecular flexibility index (Phi) is 5.91. The number of halogens is 3. The molecule has 1 atom stereocenters. The maximum Gasteiger partial charge on any atom is 0.416 e. The number of hydrogen-bond acceptors (Lipinski definition) is 2. The highest BCUT2D eigenvalue weighted by molar-refractivity contribution is 8.15. The maximum absolute atomic E-state index is 12.7. The second-order valence-corrected chi connectivity index (χ2v) is 8.85. The Balaban J connectivity index is 1.41. The third-order valence-corrected chi connectivity index (χ3v) is 6.32. The fourth-order valence-electron chi connectivity index (χ4n) is 3.47. The number of aromatic amines is 1. The molecule has 0 amide bonds. The topological polar surface area (TPSA) is 45.6 Å². The summed E-state index contributed by atoms with van der Waals surface area (Å²) in [6, 6.07) is 13.7. The van der Waals surface area contributed by atoms with Crippen molar-refractivity contribution in [3.8, 4) is 0 Å². The Hall–Kier alpha value is -3.00. The van der Waals surface area contributed by atoms with Crippen molar-refractivity contribution < 1.29 is 13.2 Å². The average Bonchev–Trinajstić information content (AvgIpc) is 3.34. The molecule has 2 aromatic heterocycles. The normalized spacial score (nSPS) is 12.9. The van der Waals surface area contributed by atoms with E-state index in [1.807, 2.05) is 25.5 Å². The minimum Gasteiger partial charge on any atom is -0.359 e. The first kappa shape index (κ1) is 21.2. The molecule has 2 aromatic carbocycles. The zero-order chi connectivity index (χ0) is 22.0. The number of anilines is 1. The highest BCUT2D eigenvalue weighted by Gasteiger charge is 2.29. The summed E-state index contributed by atoms with van der Waals surface area (Å²) in [6.07, 6.45) is 1.98. The summed E-state index contributed by atoms with van der Waals surface area (Å²) in [4.78, 5) is 3.27. The van der Waals surface area contributed by atoms with Gasteiger partial charge in [0.2, 0.25) is 0 Å². The lowest BCUT2D eigenvalue weighted by molar-refractivity contribution is -0.137. The quantitative estimate of drug-likeness (QED) is 0.334. The second-order valence-electron chi connectivity index (χ2n) is 7.45. The third kappa shape index (κ3) is 5.02. The van der Waals surface area contributed by atoms with Crippen molar-refractivity contribution >= 4 is 33.1 Å². The van der Waals surface area contributed by atoms with Gasteiger partial charge in [0.05, 0.1) is 11.3 Å². The number of H-pyrrole nitrogens is 1. The molecule has 8 heteroatoms. The van der Waals surface area contributed by atoms with Crippen molar-refractivity contribution in [3.05, 3.63) is 77.6 Å². The van der Waals surface area contributed by atoms with Crippen molar-refractivity contribution in [1.82, 2.24) is 14.8 Å². The van der Waals surface area contributed by atoms with Crippen LogP contribution >= 0.6 is 10.7 Å². The number of benzene rings is 2. The Morgan fingerprint density at radius 2 is 1.77 bits per heavy atom.